The number of nitrogens with zero attached hydrogens (tertiary/aromatic N) is 5. The molecule has 0 unspecified atom stereocenters. The largest absolute Gasteiger partial charge is 0.421 e. The van der Waals surface area contributed by atoms with Crippen molar-refractivity contribution in [3.63, 3.8) is 0 Å². The van der Waals surface area contributed by atoms with Crippen LogP contribution in [-0.4, -0.2) is 56.8 Å². The highest BCUT2D eigenvalue weighted by Gasteiger charge is 2.19. The SMILES string of the molecule is Cc1nnc(-c2cnc(Nc3ccc(C(=O)N(C)C)c(Cl)c3)nc2N[C@H](CO)c2ccccc2)o1. The number of hydrogen-bond donors (Lipinski definition) is 3. The van der Waals surface area contributed by atoms with Crippen LogP contribution in [0.4, 0.5) is 17.5 Å². The zero-order valence-electron chi connectivity index (χ0n) is 19.4. The van der Waals surface area contributed by atoms with E-state index in [2.05, 4.69) is 30.8 Å². The first-order valence-corrected chi connectivity index (χ1v) is 11.1. The molecule has 3 N–H and O–H groups in total. The summed E-state index contributed by atoms with van der Waals surface area (Å²) < 4.78 is 5.58. The fourth-order valence-corrected chi connectivity index (χ4v) is 3.60. The first kappa shape index (κ1) is 24.1. The van der Waals surface area contributed by atoms with E-state index in [0.717, 1.165) is 5.56 Å². The van der Waals surface area contributed by atoms with Crippen LogP contribution in [0.25, 0.3) is 11.5 Å². The van der Waals surface area contributed by atoms with Crippen LogP contribution >= 0.6 is 11.6 Å². The van der Waals surface area contributed by atoms with Gasteiger partial charge in [-0.1, -0.05) is 41.9 Å². The molecule has 1 atom stereocenters. The fourth-order valence-electron chi connectivity index (χ4n) is 3.34. The average Bonchev–Trinajstić information content (AvgIpc) is 3.28. The summed E-state index contributed by atoms with van der Waals surface area (Å²) >= 11 is 6.33. The molecule has 0 saturated heterocycles. The summed E-state index contributed by atoms with van der Waals surface area (Å²) in [5.74, 6) is 1.10. The summed E-state index contributed by atoms with van der Waals surface area (Å²) in [7, 11) is 3.32. The summed E-state index contributed by atoms with van der Waals surface area (Å²) in [4.78, 5) is 22.7. The minimum Gasteiger partial charge on any atom is -0.421 e. The van der Waals surface area contributed by atoms with Gasteiger partial charge in [0, 0.05) is 32.9 Å². The molecule has 2 aromatic heterocycles. The summed E-state index contributed by atoms with van der Waals surface area (Å²) in [6.45, 7) is 1.52. The van der Waals surface area contributed by atoms with Gasteiger partial charge in [0.15, 0.2) is 0 Å². The summed E-state index contributed by atoms with van der Waals surface area (Å²) in [5.41, 5.74) is 2.35. The molecule has 1 amide bonds. The van der Waals surface area contributed by atoms with Crippen molar-refractivity contribution in [2.45, 2.75) is 13.0 Å². The Hall–Kier alpha value is -4.02. The molecule has 0 fully saturated rings. The van der Waals surface area contributed by atoms with Crippen molar-refractivity contribution in [2.24, 2.45) is 0 Å². The Labute approximate surface area is 207 Å². The van der Waals surface area contributed by atoms with E-state index in [4.69, 9.17) is 16.0 Å². The number of aliphatic hydroxyl groups excluding tert-OH is 1. The molecule has 0 aliphatic heterocycles. The van der Waals surface area contributed by atoms with E-state index in [1.807, 2.05) is 30.3 Å². The predicted molar refractivity (Wildman–Crippen MR) is 133 cm³/mol. The van der Waals surface area contributed by atoms with Crippen molar-refractivity contribution in [1.29, 1.82) is 0 Å². The van der Waals surface area contributed by atoms with Crippen molar-refractivity contribution in [1.82, 2.24) is 25.1 Å². The van der Waals surface area contributed by atoms with Gasteiger partial charge in [-0.05, 0) is 23.8 Å². The van der Waals surface area contributed by atoms with Gasteiger partial charge in [-0.3, -0.25) is 4.79 Å². The summed E-state index contributed by atoms with van der Waals surface area (Å²) in [6.07, 6.45) is 1.55. The molecule has 35 heavy (non-hydrogen) atoms. The predicted octanol–water partition coefficient (Wildman–Crippen LogP) is 4.08. The number of carbonyl (C=O) groups excluding carboxylic acids is 1. The zero-order valence-corrected chi connectivity index (χ0v) is 20.1. The number of anilines is 3. The molecule has 2 heterocycles. The van der Waals surface area contributed by atoms with E-state index in [1.54, 1.807) is 45.4 Å². The summed E-state index contributed by atoms with van der Waals surface area (Å²) in [5, 5.41) is 24.6. The highest BCUT2D eigenvalue weighted by atomic mass is 35.5. The number of aromatic nitrogens is 4. The molecule has 0 bridgehead atoms. The molecule has 4 aromatic rings. The number of aliphatic hydroxyl groups is 1. The number of benzene rings is 2. The second-order valence-corrected chi connectivity index (χ2v) is 8.30. The standard InChI is InChI=1S/C24H24ClN7O3/c1-14-30-31-22(35-14)18-12-26-24(27-16-9-10-17(19(25)11-16)23(34)32(2)3)29-21(18)28-20(13-33)15-7-5-4-6-8-15/h4-12,20,33H,13H2,1-3H3,(H2,26,27,28,29)/t20-/m1/s1. The van der Waals surface area contributed by atoms with Gasteiger partial charge >= 0.3 is 0 Å². The van der Waals surface area contributed by atoms with Crippen molar-refractivity contribution in [2.75, 3.05) is 31.3 Å². The van der Waals surface area contributed by atoms with E-state index in [0.29, 0.717) is 33.5 Å². The maximum atomic E-state index is 12.2. The second kappa shape index (κ2) is 10.5. The molecule has 0 aliphatic carbocycles. The maximum absolute atomic E-state index is 12.2. The van der Waals surface area contributed by atoms with Crippen molar-refractivity contribution >= 4 is 35.0 Å². The minimum absolute atomic E-state index is 0.171. The third kappa shape index (κ3) is 5.56. The molecule has 0 aliphatic rings. The van der Waals surface area contributed by atoms with Crippen LogP contribution in [0.5, 0.6) is 0 Å². The normalized spacial score (nSPS) is 11.7. The van der Waals surface area contributed by atoms with Gasteiger partial charge in [0.05, 0.1) is 28.8 Å². The van der Waals surface area contributed by atoms with E-state index in [1.165, 1.54) is 4.90 Å². The Morgan fingerprint density at radius 3 is 2.57 bits per heavy atom. The minimum atomic E-state index is -0.438. The Balaban J connectivity index is 1.66. The van der Waals surface area contributed by atoms with E-state index >= 15 is 0 Å². The molecule has 0 radical (unpaired) electrons. The first-order valence-electron chi connectivity index (χ1n) is 10.7. The molecule has 180 valence electrons. The zero-order chi connectivity index (χ0) is 24.9. The van der Waals surface area contributed by atoms with Gasteiger partial charge in [-0.25, -0.2) is 4.98 Å². The van der Waals surface area contributed by atoms with Crippen molar-refractivity contribution in [3.8, 4) is 11.5 Å². The van der Waals surface area contributed by atoms with Gasteiger partial charge in [-0.2, -0.15) is 4.98 Å². The molecular weight excluding hydrogens is 470 g/mol. The average molecular weight is 494 g/mol. The van der Waals surface area contributed by atoms with Crippen LogP contribution < -0.4 is 10.6 Å². The molecule has 4 rings (SSSR count). The Bertz CT molecular complexity index is 1330. The molecule has 0 saturated carbocycles. The van der Waals surface area contributed by atoms with E-state index in [9.17, 15) is 9.90 Å². The number of carbonyl (C=O) groups is 1. The highest BCUT2D eigenvalue weighted by Crippen LogP contribution is 2.30. The lowest BCUT2D eigenvalue weighted by Crippen LogP contribution is -2.22. The fraction of sp³-hybridized carbons (Fsp3) is 0.208. The monoisotopic (exact) mass is 493 g/mol. The Morgan fingerprint density at radius 1 is 1.17 bits per heavy atom. The van der Waals surface area contributed by atoms with Crippen molar-refractivity contribution < 1.29 is 14.3 Å². The van der Waals surface area contributed by atoms with Crippen LogP contribution in [0.2, 0.25) is 5.02 Å². The lowest BCUT2D eigenvalue weighted by Gasteiger charge is -2.19. The quantitative estimate of drug-likeness (QED) is 0.332. The van der Waals surface area contributed by atoms with Gasteiger partial charge in [-0.15, -0.1) is 10.2 Å². The number of nitrogens with one attached hydrogen (secondary N) is 2. The lowest BCUT2D eigenvalue weighted by molar-refractivity contribution is 0.0828. The topological polar surface area (TPSA) is 129 Å². The third-order valence-corrected chi connectivity index (χ3v) is 5.42. The van der Waals surface area contributed by atoms with Gasteiger partial charge < -0.3 is 25.1 Å². The molecule has 2 aromatic carbocycles. The number of aryl methyl sites for hydroxylation is 1. The van der Waals surface area contributed by atoms with Crippen LogP contribution in [0.3, 0.4) is 0 Å². The van der Waals surface area contributed by atoms with E-state index < -0.39 is 6.04 Å². The molecule has 0 spiro atoms. The van der Waals surface area contributed by atoms with Crippen molar-refractivity contribution in [3.05, 3.63) is 76.8 Å². The second-order valence-electron chi connectivity index (χ2n) is 7.89. The maximum Gasteiger partial charge on any atom is 0.254 e. The Morgan fingerprint density at radius 2 is 1.94 bits per heavy atom. The summed E-state index contributed by atoms with van der Waals surface area (Å²) in [6, 6.07) is 14.0. The smallest absolute Gasteiger partial charge is 0.254 e. The van der Waals surface area contributed by atoms with Crippen LogP contribution in [-0.2, 0) is 0 Å². The number of hydrogen-bond acceptors (Lipinski definition) is 9. The third-order valence-electron chi connectivity index (χ3n) is 5.10. The molecule has 11 heteroatoms. The van der Waals surface area contributed by atoms with Crippen LogP contribution in [0.1, 0.15) is 27.9 Å². The van der Waals surface area contributed by atoms with Gasteiger partial charge in [0.1, 0.15) is 5.82 Å². The van der Waals surface area contributed by atoms with Gasteiger partial charge in [0.2, 0.25) is 11.8 Å². The lowest BCUT2D eigenvalue weighted by atomic mass is 10.1. The number of rotatable bonds is 8. The van der Waals surface area contributed by atoms with Gasteiger partial charge in [0.25, 0.3) is 11.8 Å². The van der Waals surface area contributed by atoms with Crippen LogP contribution in [0, 0.1) is 6.92 Å². The van der Waals surface area contributed by atoms with Crippen LogP contribution in [0.15, 0.2) is 59.1 Å². The Kier molecular flexibility index (Phi) is 7.23. The molecule has 10 nitrogen and oxygen atoms in total. The molecular formula is C24H24ClN7O3. The number of amides is 1. The first-order chi connectivity index (χ1) is 16.9. The highest BCUT2D eigenvalue weighted by molar-refractivity contribution is 6.34. The number of halogens is 1. The van der Waals surface area contributed by atoms with E-state index in [-0.39, 0.29) is 24.4 Å².